The Morgan fingerprint density at radius 1 is 1.09 bits per heavy atom. The number of halogens is 2. The third-order valence-electron chi connectivity index (χ3n) is 3.00. The van der Waals surface area contributed by atoms with Crippen LogP contribution in [0.1, 0.15) is 15.9 Å². The highest BCUT2D eigenvalue weighted by Crippen LogP contribution is 2.14. The summed E-state index contributed by atoms with van der Waals surface area (Å²) in [6, 6.07) is 11.6. The third kappa shape index (κ3) is 5.07. The van der Waals surface area contributed by atoms with Gasteiger partial charge in [-0.15, -0.1) is 0 Å². The summed E-state index contributed by atoms with van der Waals surface area (Å²) in [6.07, 6.45) is 0. The zero-order valence-electron chi connectivity index (χ0n) is 12.3. The number of nitrogens with one attached hydrogen (secondary N) is 3. The number of anilines is 1. The number of benzene rings is 2. The van der Waals surface area contributed by atoms with Crippen LogP contribution in [0.15, 0.2) is 46.9 Å². The number of hydrogen-bond donors (Lipinski definition) is 3. The maximum Gasteiger partial charge on any atom is 0.272 e. The Kier molecular flexibility index (Phi) is 5.70. The standard InChI is InChI=1S/C16H15BrFN3O2/c1-10-2-5-12(6-3-10)19-9-15(22)20-21-16(23)13-7-4-11(17)8-14(13)18/h2-8,19H,9H2,1H3,(H,20,22)(H,21,23). The predicted octanol–water partition coefficient (Wildman–Crippen LogP) is 2.77. The molecule has 0 spiro atoms. The summed E-state index contributed by atoms with van der Waals surface area (Å²) in [5, 5.41) is 2.91. The first kappa shape index (κ1) is 17.0. The molecular formula is C16H15BrFN3O2. The molecule has 0 atom stereocenters. The molecule has 0 fully saturated rings. The molecule has 0 aliphatic rings. The Morgan fingerprint density at radius 2 is 1.78 bits per heavy atom. The van der Waals surface area contributed by atoms with Crippen LogP contribution in [-0.2, 0) is 4.79 Å². The van der Waals surface area contributed by atoms with Crippen molar-refractivity contribution in [2.75, 3.05) is 11.9 Å². The molecule has 0 bridgehead atoms. The molecule has 0 unspecified atom stereocenters. The molecule has 0 saturated carbocycles. The van der Waals surface area contributed by atoms with Crippen molar-refractivity contribution in [1.82, 2.24) is 10.9 Å². The monoisotopic (exact) mass is 379 g/mol. The van der Waals surface area contributed by atoms with E-state index in [0.717, 1.165) is 11.3 Å². The van der Waals surface area contributed by atoms with Gasteiger partial charge in [-0.05, 0) is 37.3 Å². The molecule has 0 aromatic heterocycles. The maximum absolute atomic E-state index is 13.6. The lowest BCUT2D eigenvalue weighted by Gasteiger charge is -2.10. The summed E-state index contributed by atoms with van der Waals surface area (Å²) in [5.41, 5.74) is 6.15. The zero-order chi connectivity index (χ0) is 16.8. The summed E-state index contributed by atoms with van der Waals surface area (Å²) in [6.45, 7) is 1.94. The fourth-order valence-corrected chi connectivity index (χ4v) is 2.10. The van der Waals surface area contributed by atoms with Gasteiger partial charge in [-0.1, -0.05) is 33.6 Å². The Morgan fingerprint density at radius 3 is 2.43 bits per heavy atom. The average molecular weight is 380 g/mol. The quantitative estimate of drug-likeness (QED) is 0.715. The van der Waals surface area contributed by atoms with Crippen molar-refractivity contribution in [3.8, 4) is 0 Å². The van der Waals surface area contributed by atoms with Crippen molar-refractivity contribution in [2.24, 2.45) is 0 Å². The van der Waals surface area contributed by atoms with Gasteiger partial charge in [0.15, 0.2) is 0 Å². The van der Waals surface area contributed by atoms with Gasteiger partial charge in [-0.2, -0.15) is 0 Å². The normalized spacial score (nSPS) is 10.0. The van der Waals surface area contributed by atoms with Crippen molar-refractivity contribution >= 4 is 33.4 Å². The smallest absolute Gasteiger partial charge is 0.272 e. The van der Waals surface area contributed by atoms with Crippen LogP contribution < -0.4 is 16.2 Å². The Hall–Kier alpha value is -2.41. The van der Waals surface area contributed by atoms with E-state index in [0.29, 0.717) is 4.47 Å². The van der Waals surface area contributed by atoms with Crippen LogP contribution in [0.2, 0.25) is 0 Å². The van der Waals surface area contributed by atoms with Crippen LogP contribution in [0.5, 0.6) is 0 Å². The molecule has 7 heteroatoms. The highest BCUT2D eigenvalue weighted by Gasteiger charge is 2.12. The molecule has 2 aromatic carbocycles. The summed E-state index contributed by atoms with van der Waals surface area (Å²) in [7, 11) is 0. The number of aryl methyl sites for hydroxylation is 1. The average Bonchev–Trinajstić information content (AvgIpc) is 2.52. The first-order valence-electron chi connectivity index (χ1n) is 6.80. The summed E-state index contributed by atoms with van der Waals surface area (Å²) in [5.74, 6) is -1.85. The lowest BCUT2D eigenvalue weighted by Crippen LogP contribution is -2.44. The van der Waals surface area contributed by atoms with Crippen LogP contribution in [0, 0.1) is 12.7 Å². The van der Waals surface area contributed by atoms with Gasteiger partial charge in [0, 0.05) is 10.2 Å². The van der Waals surface area contributed by atoms with Gasteiger partial charge in [0.1, 0.15) is 5.82 Å². The zero-order valence-corrected chi connectivity index (χ0v) is 13.9. The molecule has 0 radical (unpaired) electrons. The molecule has 2 rings (SSSR count). The van der Waals surface area contributed by atoms with Crippen LogP contribution in [0.3, 0.4) is 0 Å². The first-order valence-corrected chi connectivity index (χ1v) is 7.60. The van der Waals surface area contributed by atoms with Crippen molar-refractivity contribution < 1.29 is 14.0 Å². The minimum absolute atomic E-state index is 0.0217. The van der Waals surface area contributed by atoms with Crippen molar-refractivity contribution in [2.45, 2.75) is 6.92 Å². The van der Waals surface area contributed by atoms with Crippen molar-refractivity contribution in [3.05, 3.63) is 63.9 Å². The van der Waals surface area contributed by atoms with E-state index >= 15 is 0 Å². The van der Waals surface area contributed by atoms with E-state index in [4.69, 9.17) is 0 Å². The van der Waals surface area contributed by atoms with Crippen LogP contribution >= 0.6 is 15.9 Å². The second-order valence-electron chi connectivity index (χ2n) is 4.85. The molecular weight excluding hydrogens is 365 g/mol. The topological polar surface area (TPSA) is 70.2 Å². The summed E-state index contributed by atoms with van der Waals surface area (Å²) in [4.78, 5) is 23.5. The molecule has 3 N–H and O–H groups in total. The van der Waals surface area contributed by atoms with E-state index in [1.54, 1.807) is 6.07 Å². The molecule has 0 aliphatic heterocycles. The number of carbonyl (C=O) groups is 2. The molecule has 23 heavy (non-hydrogen) atoms. The second-order valence-corrected chi connectivity index (χ2v) is 5.76. The maximum atomic E-state index is 13.6. The number of carbonyl (C=O) groups excluding carboxylic acids is 2. The van der Waals surface area contributed by atoms with E-state index in [9.17, 15) is 14.0 Å². The summed E-state index contributed by atoms with van der Waals surface area (Å²) >= 11 is 3.11. The summed E-state index contributed by atoms with van der Waals surface area (Å²) < 4.78 is 14.1. The van der Waals surface area contributed by atoms with Gasteiger partial charge >= 0.3 is 0 Å². The van der Waals surface area contributed by atoms with Crippen LogP contribution in [0.4, 0.5) is 10.1 Å². The fraction of sp³-hybridized carbons (Fsp3) is 0.125. The first-order chi connectivity index (χ1) is 11.0. The number of hydrazine groups is 1. The largest absolute Gasteiger partial charge is 0.376 e. The van der Waals surface area contributed by atoms with Gasteiger partial charge < -0.3 is 5.32 Å². The Balaban J connectivity index is 1.81. The van der Waals surface area contributed by atoms with Gasteiger partial charge in [-0.3, -0.25) is 20.4 Å². The lowest BCUT2D eigenvalue weighted by atomic mass is 10.2. The second kappa shape index (κ2) is 7.73. The molecule has 5 nitrogen and oxygen atoms in total. The van der Waals surface area contributed by atoms with E-state index in [1.807, 2.05) is 31.2 Å². The van der Waals surface area contributed by atoms with E-state index in [2.05, 4.69) is 32.1 Å². The minimum atomic E-state index is -0.723. The number of amides is 2. The van der Waals surface area contributed by atoms with Gasteiger partial charge in [0.05, 0.1) is 12.1 Å². The third-order valence-corrected chi connectivity index (χ3v) is 3.49. The van der Waals surface area contributed by atoms with Gasteiger partial charge in [-0.25, -0.2) is 4.39 Å². The molecule has 2 aromatic rings. The molecule has 2 amide bonds. The van der Waals surface area contributed by atoms with Crippen molar-refractivity contribution in [1.29, 1.82) is 0 Å². The molecule has 0 heterocycles. The fourth-order valence-electron chi connectivity index (χ4n) is 1.77. The van der Waals surface area contributed by atoms with E-state index in [-0.39, 0.29) is 12.1 Å². The van der Waals surface area contributed by atoms with Crippen LogP contribution in [0.25, 0.3) is 0 Å². The minimum Gasteiger partial charge on any atom is -0.376 e. The van der Waals surface area contributed by atoms with Gasteiger partial charge in [0.25, 0.3) is 11.8 Å². The highest BCUT2D eigenvalue weighted by atomic mass is 79.9. The molecule has 0 saturated heterocycles. The number of hydrogen-bond acceptors (Lipinski definition) is 3. The number of rotatable bonds is 4. The molecule has 0 aliphatic carbocycles. The van der Waals surface area contributed by atoms with Gasteiger partial charge in [0.2, 0.25) is 0 Å². The van der Waals surface area contributed by atoms with Crippen LogP contribution in [-0.4, -0.2) is 18.4 Å². The Labute approximate surface area is 141 Å². The van der Waals surface area contributed by atoms with E-state index in [1.165, 1.54) is 12.1 Å². The predicted molar refractivity (Wildman–Crippen MR) is 89.4 cm³/mol. The Bertz CT molecular complexity index is 720. The molecule has 120 valence electrons. The highest BCUT2D eigenvalue weighted by molar-refractivity contribution is 9.10. The van der Waals surface area contributed by atoms with E-state index < -0.39 is 17.6 Å². The lowest BCUT2D eigenvalue weighted by molar-refractivity contribution is -0.120. The van der Waals surface area contributed by atoms with Crippen molar-refractivity contribution in [3.63, 3.8) is 0 Å². The SMILES string of the molecule is Cc1ccc(NCC(=O)NNC(=O)c2ccc(Br)cc2F)cc1.